The summed E-state index contributed by atoms with van der Waals surface area (Å²) in [4.78, 5) is 53.7. The Bertz CT molecular complexity index is 1630. The number of methoxy groups -OCH3 is 6. The molecule has 0 atom stereocenters. The lowest BCUT2D eigenvalue weighted by atomic mass is 9.92. The van der Waals surface area contributed by atoms with Gasteiger partial charge in [-0.3, -0.25) is 19.2 Å². The molecule has 10 nitrogen and oxygen atoms in total. The van der Waals surface area contributed by atoms with Crippen molar-refractivity contribution < 1.29 is 47.6 Å². The van der Waals surface area contributed by atoms with Gasteiger partial charge in [0.2, 0.25) is 23.1 Å². The van der Waals surface area contributed by atoms with Gasteiger partial charge in [-0.05, 0) is 36.4 Å². The van der Waals surface area contributed by atoms with Crippen molar-refractivity contribution >= 4 is 23.1 Å². The molecule has 0 radical (unpaired) electrons. The molecule has 0 aliphatic carbocycles. The van der Waals surface area contributed by atoms with Crippen molar-refractivity contribution in [3.05, 3.63) is 95.1 Å². The number of benzene rings is 4. The number of hydrogen-bond acceptors (Lipinski definition) is 10. The monoisotopic (exact) mass is 598 g/mol. The summed E-state index contributed by atoms with van der Waals surface area (Å²) < 4.78 is 32.5. The second kappa shape index (κ2) is 13.6. The number of hydrogen-bond donors (Lipinski definition) is 0. The lowest BCUT2D eigenvalue weighted by Crippen LogP contribution is -2.17. The Morgan fingerprint density at radius 3 is 1.09 bits per heavy atom. The largest absolute Gasteiger partial charge is 0.497 e. The van der Waals surface area contributed by atoms with E-state index in [2.05, 4.69) is 0 Å². The second-order valence-electron chi connectivity index (χ2n) is 9.29. The van der Waals surface area contributed by atoms with Crippen LogP contribution in [0.15, 0.2) is 72.8 Å². The molecule has 0 aliphatic heterocycles. The van der Waals surface area contributed by atoms with Gasteiger partial charge in [0.15, 0.2) is 0 Å². The summed E-state index contributed by atoms with van der Waals surface area (Å²) in [5.41, 5.74) is 0.707. The van der Waals surface area contributed by atoms with Gasteiger partial charge in [0.05, 0.1) is 53.8 Å². The van der Waals surface area contributed by atoms with Gasteiger partial charge in [0, 0.05) is 34.4 Å². The van der Waals surface area contributed by atoms with E-state index in [4.69, 9.17) is 28.4 Å². The number of rotatable bonds is 13. The second-order valence-corrected chi connectivity index (χ2v) is 9.29. The number of carbonyl (C=O) groups is 4. The Balaban J connectivity index is 1.88. The zero-order chi connectivity index (χ0) is 32.0. The molecule has 4 rings (SSSR count). The fourth-order valence-electron chi connectivity index (χ4n) is 4.61. The maximum atomic E-state index is 13.6. The van der Waals surface area contributed by atoms with Crippen molar-refractivity contribution in [3.8, 4) is 45.6 Å². The number of Topliss-reactive ketones (excluding diaryl/α,β-unsaturated/α-hetero) is 4. The summed E-state index contributed by atoms with van der Waals surface area (Å²) in [7, 11) is 8.45. The normalized spacial score (nSPS) is 10.4. The summed E-state index contributed by atoms with van der Waals surface area (Å²) in [6, 6.07) is 18.2. The van der Waals surface area contributed by atoms with Crippen molar-refractivity contribution in [1.29, 1.82) is 0 Å². The van der Waals surface area contributed by atoms with Crippen LogP contribution in [-0.4, -0.2) is 65.8 Å². The highest BCUT2D eigenvalue weighted by Crippen LogP contribution is 2.43. The predicted octanol–water partition coefficient (Wildman–Crippen LogP) is 5.54. The van der Waals surface area contributed by atoms with Crippen LogP contribution in [-0.2, 0) is 0 Å². The molecule has 44 heavy (non-hydrogen) atoms. The molecular weight excluding hydrogens is 568 g/mol. The lowest BCUT2D eigenvalue weighted by Gasteiger charge is -2.18. The summed E-state index contributed by atoms with van der Waals surface area (Å²) in [5, 5.41) is 0. The maximum Gasteiger partial charge on any atom is 0.237 e. The van der Waals surface area contributed by atoms with E-state index in [1.165, 1.54) is 91.2 Å². The van der Waals surface area contributed by atoms with E-state index >= 15 is 0 Å². The zero-order valence-electron chi connectivity index (χ0n) is 25.0. The molecule has 226 valence electrons. The van der Waals surface area contributed by atoms with Crippen LogP contribution < -0.4 is 28.4 Å². The summed E-state index contributed by atoms with van der Waals surface area (Å²) in [5.74, 6) is -1.80. The molecule has 0 unspecified atom stereocenters. The van der Waals surface area contributed by atoms with Crippen LogP contribution in [0.2, 0.25) is 0 Å². The van der Waals surface area contributed by atoms with Gasteiger partial charge < -0.3 is 28.4 Å². The lowest BCUT2D eigenvalue weighted by molar-refractivity contribution is 0.0815. The molecule has 0 aliphatic rings. The van der Waals surface area contributed by atoms with Crippen LogP contribution in [0.1, 0.15) is 41.4 Å². The smallest absolute Gasteiger partial charge is 0.237 e. The standard InChI is InChI=1S/C34H30O10/c1-39-21-11-7-9-19(13-21)31(35)33(37)25-15-23(27(41-3)17-29(25)43-5)24-16-26(30(44-6)18-28(24)42-4)34(38)32(36)20-10-8-12-22(14-20)40-2/h7-18H,1-6H3. The van der Waals surface area contributed by atoms with E-state index in [-0.39, 0.29) is 56.4 Å². The molecule has 4 aromatic carbocycles. The van der Waals surface area contributed by atoms with Crippen LogP contribution in [0.4, 0.5) is 0 Å². The first-order chi connectivity index (χ1) is 21.2. The molecule has 4 aromatic rings. The van der Waals surface area contributed by atoms with Gasteiger partial charge in [-0.25, -0.2) is 0 Å². The topological polar surface area (TPSA) is 124 Å². The maximum absolute atomic E-state index is 13.6. The Morgan fingerprint density at radius 2 is 0.773 bits per heavy atom. The van der Waals surface area contributed by atoms with Crippen molar-refractivity contribution in [2.24, 2.45) is 0 Å². The third-order valence-electron chi connectivity index (χ3n) is 6.90. The van der Waals surface area contributed by atoms with Gasteiger partial charge in [-0.2, -0.15) is 0 Å². The highest BCUT2D eigenvalue weighted by molar-refractivity contribution is 6.50. The first-order valence-electron chi connectivity index (χ1n) is 13.2. The molecule has 0 heterocycles. The fourth-order valence-corrected chi connectivity index (χ4v) is 4.61. The third-order valence-corrected chi connectivity index (χ3v) is 6.90. The van der Waals surface area contributed by atoms with Gasteiger partial charge in [0.1, 0.15) is 34.5 Å². The Kier molecular flexibility index (Phi) is 9.64. The first kappa shape index (κ1) is 31.3. The van der Waals surface area contributed by atoms with E-state index in [1.54, 1.807) is 24.3 Å². The minimum absolute atomic E-state index is 0.0608. The van der Waals surface area contributed by atoms with E-state index in [0.717, 1.165) is 0 Å². The average Bonchev–Trinajstić information content (AvgIpc) is 3.08. The SMILES string of the molecule is COc1cccc(C(=O)C(=O)c2cc(-c3cc(C(=O)C(=O)c4cccc(OC)c4)c(OC)cc3OC)c(OC)cc2OC)c1. The first-order valence-corrected chi connectivity index (χ1v) is 13.2. The van der Waals surface area contributed by atoms with Crippen molar-refractivity contribution in [2.75, 3.05) is 42.7 Å². The van der Waals surface area contributed by atoms with Gasteiger partial charge in [-0.15, -0.1) is 0 Å². The van der Waals surface area contributed by atoms with E-state index in [9.17, 15) is 19.2 Å². The van der Waals surface area contributed by atoms with E-state index in [0.29, 0.717) is 11.5 Å². The Hall–Kier alpha value is -5.64. The van der Waals surface area contributed by atoms with E-state index in [1.807, 2.05) is 0 Å². The summed E-state index contributed by atoms with van der Waals surface area (Å²) in [6.45, 7) is 0. The van der Waals surface area contributed by atoms with Crippen LogP contribution in [0.5, 0.6) is 34.5 Å². The van der Waals surface area contributed by atoms with E-state index < -0.39 is 23.1 Å². The molecule has 0 saturated heterocycles. The molecule has 10 heteroatoms. The number of ether oxygens (including phenoxy) is 6. The Morgan fingerprint density at radius 1 is 0.409 bits per heavy atom. The van der Waals surface area contributed by atoms with Crippen LogP contribution in [0.3, 0.4) is 0 Å². The molecule has 0 aromatic heterocycles. The van der Waals surface area contributed by atoms with Crippen molar-refractivity contribution in [2.45, 2.75) is 0 Å². The molecule has 0 fully saturated rings. The summed E-state index contributed by atoms with van der Waals surface area (Å²) >= 11 is 0. The van der Waals surface area contributed by atoms with Gasteiger partial charge in [0.25, 0.3) is 0 Å². The van der Waals surface area contributed by atoms with Crippen molar-refractivity contribution in [3.63, 3.8) is 0 Å². The highest BCUT2D eigenvalue weighted by atomic mass is 16.5. The quantitative estimate of drug-likeness (QED) is 0.143. The fraction of sp³-hybridized carbons (Fsp3) is 0.176. The molecule has 0 bridgehead atoms. The summed E-state index contributed by atoms with van der Waals surface area (Å²) in [6.07, 6.45) is 0. The number of carbonyl (C=O) groups excluding carboxylic acids is 4. The van der Waals surface area contributed by atoms with Crippen molar-refractivity contribution in [1.82, 2.24) is 0 Å². The van der Waals surface area contributed by atoms with Gasteiger partial charge >= 0.3 is 0 Å². The minimum atomic E-state index is -0.851. The molecular formula is C34H30O10. The molecule has 0 N–H and O–H groups in total. The average molecular weight is 599 g/mol. The zero-order valence-corrected chi connectivity index (χ0v) is 25.0. The highest BCUT2D eigenvalue weighted by Gasteiger charge is 2.29. The molecule has 0 spiro atoms. The van der Waals surface area contributed by atoms with Crippen LogP contribution in [0.25, 0.3) is 11.1 Å². The minimum Gasteiger partial charge on any atom is -0.497 e. The number of ketones is 4. The molecule has 0 saturated carbocycles. The third kappa shape index (κ3) is 6.10. The van der Waals surface area contributed by atoms with Crippen LogP contribution in [0, 0.1) is 0 Å². The Labute approximate surface area is 254 Å². The van der Waals surface area contributed by atoms with Gasteiger partial charge in [-0.1, -0.05) is 24.3 Å². The molecule has 0 amide bonds. The predicted molar refractivity (Wildman–Crippen MR) is 161 cm³/mol. The van der Waals surface area contributed by atoms with Crippen LogP contribution >= 0.6 is 0 Å².